The van der Waals surface area contributed by atoms with Crippen molar-refractivity contribution in [1.29, 1.82) is 0 Å². The maximum atomic E-state index is 12.1. The predicted octanol–water partition coefficient (Wildman–Crippen LogP) is 1.73. The number of nitrogens with two attached hydrogens (primary N) is 1. The number of aromatic nitrogens is 2. The van der Waals surface area contributed by atoms with Gasteiger partial charge in [-0.3, -0.25) is 9.89 Å². The van der Waals surface area contributed by atoms with E-state index in [2.05, 4.69) is 15.5 Å². The van der Waals surface area contributed by atoms with Gasteiger partial charge in [-0.15, -0.1) is 0 Å². The Kier molecular flexibility index (Phi) is 4.22. The minimum absolute atomic E-state index is 0.119. The average Bonchev–Trinajstić information content (AvgIpc) is 2.79. The van der Waals surface area contributed by atoms with Crippen molar-refractivity contribution in [3.63, 3.8) is 0 Å². The standard InChI is InChI=1S/C14H16N4O3/c1-3-21-14(20)9-5-4-6-10(7-9)16-13(19)12-11(15)8(2)17-18-12/h4-7H,3,15H2,1-2H3,(H,16,19)(H,17,18). The van der Waals surface area contributed by atoms with E-state index >= 15 is 0 Å². The number of carbonyl (C=O) groups excluding carboxylic acids is 2. The fraction of sp³-hybridized carbons (Fsp3) is 0.214. The van der Waals surface area contributed by atoms with Crippen LogP contribution in [0.1, 0.15) is 33.5 Å². The molecule has 4 N–H and O–H groups in total. The number of ether oxygens (including phenoxy) is 1. The molecule has 0 spiro atoms. The molecule has 0 bridgehead atoms. The first kappa shape index (κ1) is 14.6. The number of rotatable bonds is 4. The number of benzene rings is 1. The summed E-state index contributed by atoms with van der Waals surface area (Å²) < 4.78 is 4.91. The molecule has 110 valence electrons. The molecule has 2 aromatic rings. The van der Waals surface area contributed by atoms with E-state index in [4.69, 9.17) is 10.5 Å². The molecule has 0 radical (unpaired) electrons. The Bertz CT molecular complexity index is 679. The topological polar surface area (TPSA) is 110 Å². The predicted molar refractivity (Wildman–Crippen MR) is 78.1 cm³/mol. The average molecular weight is 288 g/mol. The van der Waals surface area contributed by atoms with Gasteiger partial charge in [-0.1, -0.05) is 6.07 Å². The lowest BCUT2D eigenvalue weighted by Gasteiger charge is -2.06. The Hall–Kier alpha value is -2.83. The third-order valence-electron chi connectivity index (χ3n) is 2.84. The number of nitrogen functional groups attached to an aromatic ring is 1. The molecule has 0 aliphatic carbocycles. The van der Waals surface area contributed by atoms with Gasteiger partial charge >= 0.3 is 5.97 Å². The van der Waals surface area contributed by atoms with E-state index < -0.39 is 11.9 Å². The van der Waals surface area contributed by atoms with Gasteiger partial charge in [0.05, 0.1) is 23.6 Å². The molecular formula is C14H16N4O3. The van der Waals surface area contributed by atoms with Crippen molar-refractivity contribution in [1.82, 2.24) is 10.2 Å². The molecule has 0 saturated heterocycles. The highest BCUT2D eigenvalue weighted by molar-refractivity contribution is 6.06. The first-order valence-corrected chi connectivity index (χ1v) is 6.42. The third-order valence-corrected chi connectivity index (χ3v) is 2.84. The zero-order chi connectivity index (χ0) is 15.4. The smallest absolute Gasteiger partial charge is 0.338 e. The van der Waals surface area contributed by atoms with Crippen molar-refractivity contribution < 1.29 is 14.3 Å². The van der Waals surface area contributed by atoms with Gasteiger partial charge in [0, 0.05) is 5.69 Å². The van der Waals surface area contributed by atoms with Crippen LogP contribution in [0.5, 0.6) is 0 Å². The Balaban J connectivity index is 2.16. The lowest BCUT2D eigenvalue weighted by molar-refractivity contribution is 0.0526. The van der Waals surface area contributed by atoms with Crippen LogP contribution < -0.4 is 11.1 Å². The van der Waals surface area contributed by atoms with Crippen LogP contribution in [0.4, 0.5) is 11.4 Å². The molecule has 0 fully saturated rings. The number of amides is 1. The SMILES string of the molecule is CCOC(=O)c1cccc(NC(=O)c2n[nH]c(C)c2N)c1. The second kappa shape index (κ2) is 6.08. The van der Waals surface area contributed by atoms with Crippen molar-refractivity contribution in [2.75, 3.05) is 17.7 Å². The molecular weight excluding hydrogens is 272 g/mol. The Labute approximate surface area is 121 Å². The molecule has 1 heterocycles. The second-order valence-corrected chi connectivity index (χ2v) is 4.37. The van der Waals surface area contributed by atoms with E-state index in [-0.39, 0.29) is 5.69 Å². The minimum atomic E-state index is -0.446. The molecule has 21 heavy (non-hydrogen) atoms. The highest BCUT2D eigenvalue weighted by Crippen LogP contribution is 2.16. The number of carbonyl (C=O) groups is 2. The molecule has 0 saturated carbocycles. The lowest BCUT2D eigenvalue weighted by Crippen LogP contribution is -2.15. The number of anilines is 2. The van der Waals surface area contributed by atoms with Crippen LogP contribution >= 0.6 is 0 Å². The summed E-state index contributed by atoms with van der Waals surface area (Å²) >= 11 is 0. The molecule has 7 heteroatoms. The fourth-order valence-electron chi connectivity index (χ4n) is 1.74. The highest BCUT2D eigenvalue weighted by Gasteiger charge is 2.16. The molecule has 1 aromatic heterocycles. The summed E-state index contributed by atoms with van der Waals surface area (Å²) in [6.45, 7) is 3.74. The Morgan fingerprint density at radius 3 is 2.81 bits per heavy atom. The van der Waals surface area contributed by atoms with Gasteiger partial charge in [0.1, 0.15) is 0 Å². The minimum Gasteiger partial charge on any atom is -0.462 e. The molecule has 0 aliphatic rings. The quantitative estimate of drug-likeness (QED) is 0.742. The first-order valence-electron chi connectivity index (χ1n) is 6.42. The molecule has 0 aliphatic heterocycles. The van der Waals surface area contributed by atoms with E-state index in [1.807, 2.05) is 0 Å². The third kappa shape index (κ3) is 3.19. The van der Waals surface area contributed by atoms with E-state index in [1.54, 1.807) is 32.0 Å². The largest absolute Gasteiger partial charge is 0.462 e. The van der Waals surface area contributed by atoms with Crippen LogP contribution in [-0.4, -0.2) is 28.7 Å². The normalized spacial score (nSPS) is 10.2. The van der Waals surface area contributed by atoms with Crippen molar-refractivity contribution in [3.05, 3.63) is 41.2 Å². The van der Waals surface area contributed by atoms with Crippen LogP contribution in [0.2, 0.25) is 0 Å². The van der Waals surface area contributed by atoms with Gasteiger partial charge < -0.3 is 15.8 Å². The van der Waals surface area contributed by atoms with Gasteiger partial charge in [-0.05, 0) is 32.0 Å². The van der Waals surface area contributed by atoms with Crippen LogP contribution in [0.25, 0.3) is 0 Å². The number of esters is 1. The van der Waals surface area contributed by atoms with Crippen molar-refractivity contribution in [3.8, 4) is 0 Å². The molecule has 0 atom stereocenters. The number of hydrogen-bond acceptors (Lipinski definition) is 5. The zero-order valence-electron chi connectivity index (χ0n) is 11.8. The highest BCUT2D eigenvalue weighted by atomic mass is 16.5. The molecule has 0 unspecified atom stereocenters. The Morgan fingerprint density at radius 1 is 1.43 bits per heavy atom. The number of nitrogens with zero attached hydrogens (tertiary/aromatic N) is 1. The van der Waals surface area contributed by atoms with Crippen LogP contribution in [0.3, 0.4) is 0 Å². The van der Waals surface area contributed by atoms with E-state index in [0.29, 0.717) is 29.2 Å². The molecule has 7 nitrogen and oxygen atoms in total. The second-order valence-electron chi connectivity index (χ2n) is 4.37. The van der Waals surface area contributed by atoms with Gasteiger partial charge in [0.25, 0.3) is 5.91 Å². The number of hydrogen-bond donors (Lipinski definition) is 3. The summed E-state index contributed by atoms with van der Waals surface area (Å²) in [6.07, 6.45) is 0. The van der Waals surface area contributed by atoms with Crippen LogP contribution in [0, 0.1) is 6.92 Å². The van der Waals surface area contributed by atoms with Crippen molar-refractivity contribution in [2.45, 2.75) is 13.8 Å². The first-order chi connectivity index (χ1) is 10.0. The lowest BCUT2D eigenvalue weighted by atomic mass is 10.2. The van der Waals surface area contributed by atoms with Crippen LogP contribution in [0.15, 0.2) is 24.3 Å². The van der Waals surface area contributed by atoms with E-state index in [0.717, 1.165) is 0 Å². The Morgan fingerprint density at radius 2 is 2.19 bits per heavy atom. The van der Waals surface area contributed by atoms with Crippen molar-refractivity contribution in [2.24, 2.45) is 0 Å². The monoisotopic (exact) mass is 288 g/mol. The van der Waals surface area contributed by atoms with E-state index in [1.165, 1.54) is 6.07 Å². The molecule has 1 aromatic carbocycles. The molecule has 1 amide bonds. The number of aryl methyl sites for hydroxylation is 1. The number of nitrogens with one attached hydrogen (secondary N) is 2. The van der Waals surface area contributed by atoms with Crippen molar-refractivity contribution >= 4 is 23.3 Å². The zero-order valence-corrected chi connectivity index (χ0v) is 11.8. The fourth-order valence-corrected chi connectivity index (χ4v) is 1.74. The van der Waals surface area contributed by atoms with Gasteiger partial charge in [-0.25, -0.2) is 4.79 Å². The summed E-state index contributed by atoms with van der Waals surface area (Å²) in [4.78, 5) is 23.7. The van der Waals surface area contributed by atoms with Crippen LogP contribution in [-0.2, 0) is 4.74 Å². The van der Waals surface area contributed by atoms with Gasteiger partial charge in [0.2, 0.25) is 0 Å². The summed E-state index contributed by atoms with van der Waals surface area (Å²) in [5, 5.41) is 9.13. The summed E-state index contributed by atoms with van der Waals surface area (Å²) in [7, 11) is 0. The maximum absolute atomic E-state index is 12.1. The summed E-state index contributed by atoms with van der Waals surface area (Å²) in [6, 6.07) is 6.46. The molecule has 2 rings (SSSR count). The van der Waals surface area contributed by atoms with Gasteiger partial charge in [0.15, 0.2) is 5.69 Å². The number of H-pyrrole nitrogens is 1. The maximum Gasteiger partial charge on any atom is 0.338 e. The van der Waals surface area contributed by atoms with Gasteiger partial charge in [-0.2, -0.15) is 5.10 Å². The summed E-state index contributed by atoms with van der Waals surface area (Å²) in [5.74, 6) is -0.887. The summed E-state index contributed by atoms with van der Waals surface area (Å²) in [5.41, 5.74) is 7.62. The number of aromatic amines is 1. The van der Waals surface area contributed by atoms with E-state index in [9.17, 15) is 9.59 Å².